The van der Waals surface area contributed by atoms with E-state index in [9.17, 15) is 5.11 Å². The number of phenols is 1. The number of rotatable bonds is 2. The summed E-state index contributed by atoms with van der Waals surface area (Å²) >= 11 is 0. The third-order valence-electron chi connectivity index (χ3n) is 4.61. The average Bonchev–Trinajstić information content (AvgIpc) is 3.04. The molecule has 4 nitrogen and oxygen atoms in total. The molecule has 0 amide bonds. The SMILES string of the molecule is Oc1ccc(-n2c3ccccc3c3cccnc32)cc1-c1ccccn1.[H-].[Li+]. The maximum atomic E-state index is 10.3. The van der Waals surface area contributed by atoms with Crippen molar-refractivity contribution in [2.75, 3.05) is 0 Å². The number of para-hydroxylation sites is 1. The van der Waals surface area contributed by atoms with E-state index in [1.54, 1.807) is 18.5 Å². The number of nitrogens with zero attached hydrogens (tertiary/aromatic N) is 3. The maximum absolute atomic E-state index is 10.3. The molecule has 0 spiro atoms. The summed E-state index contributed by atoms with van der Waals surface area (Å²) in [6.07, 6.45) is 3.53. The Kier molecular flexibility index (Phi) is 4.45. The first-order chi connectivity index (χ1) is 12.8. The van der Waals surface area contributed by atoms with Crippen molar-refractivity contribution in [3.05, 3.63) is 85.2 Å². The van der Waals surface area contributed by atoms with E-state index in [-0.39, 0.29) is 26.0 Å². The van der Waals surface area contributed by atoms with E-state index in [1.807, 2.05) is 48.5 Å². The summed E-state index contributed by atoms with van der Waals surface area (Å²) in [5.41, 5.74) is 4.35. The predicted octanol–water partition coefficient (Wildman–Crippen LogP) is 2.06. The van der Waals surface area contributed by atoms with Crippen LogP contribution in [-0.4, -0.2) is 19.6 Å². The van der Waals surface area contributed by atoms with Crippen LogP contribution in [0.2, 0.25) is 0 Å². The molecule has 5 heteroatoms. The van der Waals surface area contributed by atoms with Crippen LogP contribution >= 0.6 is 0 Å². The fourth-order valence-electron chi connectivity index (χ4n) is 3.45. The van der Waals surface area contributed by atoms with E-state index in [1.165, 1.54) is 0 Å². The fraction of sp³-hybridized carbons (Fsp3) is 0. The van der Waals surface area contributed by atoms with Gasteiger partial charge >= 0.3 is 18.9 Å². The summed E-state index contributed by atoms with van der Waals surface area (Å²) in [6.45, 7) is 0. The molecule has 2 aromatic carbocycles. The van der Waals surface area contributed by atoms with Crippen LogP contribution in [0.5, 0.6) is 5.75 Å². The Bertz CT molecular complexity index is 1200. The first kappa shape index (κ1) is 17.4. The van der Waals surface area contributed by atoms with Gasteiger partial charge in [0.2, 0.25) is 0 Å². The zero-order valence-corrected chi connectivity index (χ0v) is 14.9. The van der Waals surface area contributed by atoms with E-state index in [2.05, 4.69) is 32.7 Å². The molecule has 0 saturated carbocycles. The van der Waals surface area contributed by atoms with Crippen LogP contribution in [-0.2, 0) is 0 Å². The van der Waals surface area contributed by atoms with Gasteiger partial charge in [0.25, 0.3) is 0 Å². The third-order valence-corrected chi connectivity index (χ3v) is 4.61. The molecule has 3 aromatic heterocycles. The summed E-state index contributed by atoms with van der Waals surface area (Å²) in [5.74, 6) is 0.209. The normalized spacial score (nSPS) is 10.8. The zero-order valence-electron chi connectivity index (χ0n) is 15.9. The second kappa shape index (κ2) is 6.92. The third kappa shape index (κ3) is 2.80. The number of phenolic OH excluding ortho intramolecular Hbond substituents is 1. The Labute approximate surface area is 169 Å². The zero-order chi connectivity index (χ0) is 17.5. The number of hydrogen-bond donors (Lipinski definition) is 1. The standard InChI is InChI=1S/C22H15N3O.Li.H/c26-21-11-10-15(14-18(21)19-8-3-4-12-23-19)25-20-9-2-1-6-16(20)17-7-5-13-24-22(17)25;;/h1-14,26H;;/q;+1;-1. The number of pyridine rings is 2. The number of aromatic nitrogens is 3. The van der Waals surface area contributed by atoms with Gasteiger partial charge < -0.3 is 6.53 Å². The van der Waals surface area contributed by atoms with Gasteiger partial charge in [0, 0.05) is 34.4 Å². The minimum atomic E-state index is 0. The molecule has 0 radical (unpaired) electrons. The van der Waals surface area contributed by atoms with Crippen molar-refractivity contribution in [1.29, 1.82) is 0 Å². The first-order valence-corrected chi connectivity index (χ1v) is 8.42. The van der Waals surface area contributed by atoms with Crippen LogP contribution in [0.15, 0.2) is 85.2 Å². The van der Waals surface area contributed by atoms with Crippen LogP contribution in [0.3, 0.4) is 0 Å². The molecular weight excluding hydrogens is 329 g/mol. The van der Waals surface area contributed by atoms with Crippen molar-refractivity contribution in [3.8, 4) is 22.7 Å². The summed E-state index contributed by atoms with van der Waals surface area (Å²) < 4.78 is 2.12. The Morgan fingerprint density at radius 3 is 2.41 bits per heavy atom. The molecule has 0 aliphatic heterocycles. The molecular formula is C22H16LiN3O. The van der Waals surface area contributed by atoms with Crippen molar-refractivity contribution >= 4 is 21.9 Å². The molecule has 0 bridgehead atoms. The van der Waals surface area contributed by atoms with E-state index in [0.29, 0.717) is 5.56 Å². The van der Waals surface area contributed by atoms with Gasteiger partial charge in [-0.2, -0.15) is 0 Å². The van der Waals surface area contributed by atoms with E-state index in [0.717, 1.165) is 33.3 Å². The second-order valence-electron chi connectivity index (χ2n) is 6.14. The maximum Gasteiger partial charge on any atom is 1.00 e. The Morgan fingerprint density at radius 2 is 1.56 bits per heavy atom. The first-order valence-electron chi connectivity index (χ1n) is 8.42. The average molecular weight is 345 g/mol. The molecule has 0 unspecified atom stereocenters. The largest absolute Gasteiger partial charge is 1.00 e. The molecule has 3 heterocycles. The van der Waals surface area contributed by atoms with Gasteiger partial charge in [-0.15, -0.1) is 0 Å². The fourth-order valence-corrected chi connectivity index (χ4v) is 3.45. The van der Waals surface area contributed by atoms with Gasteiger partial charge in [0.1, 0.15) is 11.4 Å². The molecule has 0 aliphatic rings. The topological polar surface area (TPSA) is 50.9 Å². The van der Waals surface area contributed by atoms with E-state index >= 15 is 0 Å². The molecule has 0 fully saturated rings. The molecule has 27 heavy (non-hydrogen) atoms. The predicted molar refractivity (Wildman–Crippen MR) is 105 cm³/mol. The summed E-state index contributed by atoms with van der Waals surface area (Å²) in [6, 6.07) is 23.5. The summed E-state index contributed by atoms with van der Waals surface area (Å²) in [7, 11) is 0. The Morgan fingerprint density at radius 1 is 0.778 bits per heavy atom. The van der Waals surface area contributed by atoms with Crippen molar-refractivity contribution < 1.29 is 25.4 Å². The Balaban J connectivity index is 0.00000112. The smallest absolute Gasteiger partial charge is 1.00 e. The number of benzene rings is 2. The van der Waals surface area contributed by atoms with Gasteiger partial charge in [-0.3, -0.25) is 9.55 Å². The van der Waals surface area contributed by atoms with Gasteiger partial charge in [0.15, 0.2) is 0 Å². The summed E-state index contributed by atoms with van der Waals surface area (Å²) in [4.78, 5) is 8.98. The van der Waals surface area contributed by atoms with Gasteiger partial charge in [-0.1, -0.05) is 24.3 Å². The molecule has 126 valence electrons. The van der Waals surface area contributed by atoms with Crippen LogP contribution in [0.4, 0.5) is 0 Å². The van der Waals surface area contributed by atoms with Crippen LogP contribution in [0.1, 0.15) is 1.43 Å². The van der Waals surface area contributed by atoms with E-state index in [4.69, 9.17) is 0 Å². The second-order valence-corrected chi connectivity index (χ2v) is 6.14. The van der Waals surface area contributed by atoms with Crippen LogP contribution < -0.4 is 18.9 Å². The van der Waals surface area contributed by atoms with Crippen molar-refractivity contribution in [3.63, 3.8) is 0 Å². The number of fused-ring (bicyclic) bond motifs is 3. The van der Waals surface area contributed by atoms with Gasteiger partial charge in [0.05, 0.1) is 11.2 Å². The monoisotopic (exact) mass is 345 g/mol. The molecule has 0 aliphatic carbocycles. The van der Waals surface area contributed by atoms with E-state index < -0.39 is 0 Å². The molecule has 0 atom stereocenters. The number of hydrogen-bond acceptors (Lipinski definition) is 3. The molecule has 0 saturated heterocycles. The van der Waals surface area contributed by atoms with Gasteiger partial charge in [-0.05, 0) is 48.5 Å². The molecule has 5 rings (SSSR count). The van der Waals surface area contributed by atoms with Crippen LogP contribution in [0.25, 0.3) is 38.9 Å². The van der Waals surface area contributed by atoms with Crippen molar-refractivity contribution in [2.24, 2.45) is 0 Å². The van der Waals surface area contributed by atoms with Crippen molar-refractivity contribution in [1.82, 2.24) is 14.5 Å². The molecule has 1 N–H and O–H groups in total. The minimum absolute atomic E-state index is 0. The van der Waals surface area contributed by atoms with Gasteiger partial charge in [-0.25, -0.2) is 4.98 Å². The number of aromatic hydroxyl groups is 1. The Hall–Kier alpha value is -3.06. The summed E-state index contributed by atoms with van der Waals surface area (Å²) in [5, 5.41) is 12.6. The van der Waals surface area contributed by atoms with Crippen molar-refractivity contribution in [2.45, 2.75) is 0 Å². The minimum Gasteiger partial charge on any atom is -1.00 e. The quantitative estimate of drug-likeness (QED) is 0.498. The molecule has 5 aromatic rings. The van der Waals surface area contributed by atoms with Crippen LogP contribution in [0, 0.1) is 0 Å².